The molecule has 0 N–H and O–H groups in total. The Bertz CT molecular complexity index is 2080. The van der Waals surface area contributed by atoms with Crippen molar-refractivity contribution in [2.75, 3.05) is 26.4 Å². The standard InChI is InChI=1S/C54H56O10/c1-7-19-41(20-8-1)31-55-37-47-49(57-33-43-23-11-3-12-24-43)51(59-35-45-27-15-5-16-28-45)53(63-47)39-62-54(40-61-53)52(60-36-46-29-17-6-18-30-46)50(58-34-44-25-13-4-14-26-44)48(64-54)38-56-32-42-21-9-2-10-22-42/h1-30,47-52H,31-40H2/t47-,48-,49-,50-,51+,52+,53+,54+/m1/s1. The lowest BCUT2D eigenvalue weighted by Crippen LogP contribution is -2.63. The molecule has 6 aromatic carbocycles. The molecule has 10 nitrogen and oxygen atoms in total. The Morgan fingerprint density at radius 1 is 0.344 bits per heavy atom. The van der Waals surface area contributed by atoms with Crippen LogP contribution in [0.5, 0.6) is 0 Å². The van der Waals surface area contributed by atoms with Crippen molar-refractivity contribution in [1.29, 1.82) is 0 Å². The number of hydrogen-bond acceptors (Lipinski definition) is 10. The van der Waals surface area contributed by atoms with E-state index in [9.17, 15) is 0 Å². The summed E-state index contributed by atoms with van der Waals surface area (Å²) < 4.78 is 68.1. The van der Waals surface area contributed by atoms with Crippen molar-refractivity contribution in [1.82, 2.24) is 0 Å². The van der Waals surface area contributed by atoms with E-state index in [0.29, 0.717) is 39.6 Å². The molecule has 9 rings (SSSR count). The Morgan fingerprint density at radius 3 is 0.891 bits per heavy atom. The smallest absolute Gasteiger partial charge is 0.222 e. The average Bonchev–Trinajstić information content (AvgIpc) is 3.80. The number of ether oxygens (including phenoxy) is 10. The molecule has 0 saturated carbocycles. The van der Waals surface area contributed by atoms with Gasteiger partial charge in [-0.2, -0.15) is 0 Å². The first kappa shape index (κ1) is 44.1. The van der Waals surface area contributed by atoms with Crippen LogP contribution < -0.4 is 0 Å². The van der Waals surface area contributed by atoms with Gasteiger partial charge in [-0.1, -0.05) is 182 Å². The molecule has 0 unspecified atom stereocenters. The van der Waals surface area contributed by atoms with Crippen LogP contribution in [-0.4, -0.2) is 74.6 Å². The topological polar surface area (TPSA) is 92.3 Å². The van der Waals surface area contributed by atoms with E-state index in [1.165, 1.54) is 0 Å². The van der Waals surface area contributed by atoms with Gasteiger partial charge in [-0.15, -0.1) is 0 Å². The predicted molar refractivity (Wildman–Crippen MR) is 239 cm³/mol. The van der Waals surface area contributed by atoms with Gasteiger partial charge in [-0.05, 0) is 33.4 Å². The van der Waals surface area contributed by atoms with E-state index in [-0.39, 0.29) is 26.4 Å². The normalized spacial score (nSPS) is 26.4. The summed E-state index contributed by atoms with van der Waals surface area (Å²) in [4.78, 5) is 0. The highest BCUT2D eigenvalue weighted by molar-refractivity contribution is 5.19. The van der Waals surface area contributed by atoms with Crippen LogP contribution in [0.4, 0.5) is 0 Å². The summed E-state index contributed by atoms with van der Waals surface area (Å²) >= 11 is 0. The molecule has 3 fully saturated rings. The summed E-state index contributed by atoms with van der Waals surface area (Å²) in [6.45, 7) is 2.41. The van der Waals surface area contributed by atoms with Crippen molar-refractivity contribution in [3.8, 4) is 0 Å². The molecule has 332 valence electrons. The van der Waals surface area contributed by atoms with E-state index in [1.807, 2.05) is 182 Å². The Balaban J connectivity index is 1.00. The van der Waals surface area contributed by atoms with Gasteiger partial charge in [-0.3, -0.25) is 0 Å². The maximum atomic E-state index is 7.05. The van der Waals surface area contributed by atoms with Crippen molar-refractivity contribution in [3.05, 3.63) is 215 Å². The van der Waals surface area contributed by atoms with Gasteiger partial charge in [0.05, 0.1) is 52.9 Å². The summed E-state index contributed by atoms with van der Waals surface area (Å²) in [5.41, 5.74) is 6.16. The number of hydrogen-bond donors (Lipinski definition) is 0. The summed E-state index contributed by atoms with van der Waals surface area (Å²) in [7, 11) is 0. The van der Waals surface area contributed by atoms with E-state index >= 15 is 0 Å². The van der Waals surface area contributed by atoms with E-state index in [0.717, 1.165) is 33.4 Å². The SMILES string of the molecule is c1ccc(COC[C@H]2O[C@@]3(CO[C@@]4(CO3)O[C@H](COCc3ccccc3)[C@@H](OCc3ccccc3)[C@@H]4OCc3ccccc3)[C@@H](OCc3ccccc3)[C@@H]2OCc2ccccc2)cc1. The maximum Gasteiger partial charge on any atom is 0.222 e. The summed E-state index contributed by atoms with van der Waals surface area (Å²) in [6.07, 6.45) is -3.76. The summed E-state index contributed by atoms with van der Waals surface area (Å²) in [5, 5.41) is 0. The number of benzene rings is 6. The molecular weight excluding hydrogens is 809 g/mol. The molecule has 3 heterocycles. The zero-order valence-electron chi connectivity index (χ0n) is 35.9. The third-order valence-electron chi connectivity index (χ3n) is 11.8. The molecule has 64 heavy (non-hydrogen) atoms. The van der Waals surface area contributed by atoms with E-state index in [1.54, 1.807) is 0 Å². The van der Waals surface area contributed by atoms with Crippen LogP contribution in [0.1, 0.15) is 33.4 Å². The first-order valence-corrected chi connectivity index (χ1v) is 22.1. The largest absolute Gasteiger partial charge is 0.374 e. The summed E-state index contributed by atoms with van der Waals surface area (Å²) in [5.74, 6) is -2.78. The highest BCUT2D eigenvalue weighted by atomic mass is 16.8. The molecule has 0 aliphatic carbocycles. The van der Waals surface area contributed by atoms with Crippen LogP contribution in [0.15, 0.2) is 182 Å². The lowest BCUT2D eigenvalue weighted by Gasteiger charge is -2.46. The van der Waals surface area contributed by atoms with Crippen LogP contribution in [0.3, 0.4) is 0 Å². The second-order valence-electron chi connectivity index (χ2n) is 16.5. The van der Waals surface area contributed by atoms with Crippen LogP contribution >= 0.6 is 0 Å². The maximum absolute atomic E-state index is 7.05. The molecule has 2 spiro atoms. The quantitative estimate of drug-likeness (QED) is 0.0741. The Morgan fingerprint density at radius 2 is 0.609 bits per heavy atom. The molecule has 3 aliphatic rings. The Hall–Kier alpha value is -5.08. The van der Waals surface area contributed by atoms with Crippen LogP contribution in [-0.2, 0) is 87.0 Å². The van der Waals surface area contributed by atoms with Crippen molar-refractivity contribution in [2.45, 2.75) is 87.8 Å². The molecule has 3 aliphatic heterocycles. The van der Waals surface area contributed by atoms with Crippen LogP contribution in [0, 0.1) is 0 Å². The van der Waals surface area contributed by atoms with E-state index in [2.05, 4.69) is 0 Å². The first-order chi connectivity index (χ1) is 31.6. The predicted octanol–water partition coefficient (Wildman–Crippen LogP) is 9.00. The molecule has 8 atom stereocenters. The highest BCUT2D eigenvalue weighted by Crippen LogP contribution is 2.47. The van der Waals surface area contributed by atoms with Gasteiger partial charge in [0.2, 0.25) is 11.6 Å². The fraction of sp³-hybridized carbons (Fsp3) is 0.333. The van der Waals surface area contributed by atoms with Gasteiger partial charge in [0.1, 0.15) is 49.8 Å². The minimum atomic E-state index is -1.39. The fourth-order valence-electron chi connectivity index (χ4n) is 8.54. The molecule has 10 heteroatoms. The van der Waals surface area contributed by atoms with E-state index in [4.69, 9.17) is 47.4 Å². The van der Waals surface area contributed by atoms with Gasteiger partial charge in [0.25, 0.3) is 0 Å². The molecule has 0 aromatic heterocycles. The average molecular weight is 865 g/mol. The van der Waals surface area contributed by atoms with Crippen molar-refractivity contribution in [2.24, 2.45) is 0 Å². The van der Waals surface area contributed by atoms with Gasteiger partial charge >= 0.3 is 0 Å². The molecular formula is C54H56O10. The monoisotopic (exact) mass is 864 g/mol. The lowest BCUT2D eigenvalue weighted by atomic mass is 10.0. The van der Waals surface area contributed by atoms with Crippen LogP contribution in [0.25, 0.3) is 0 Å². The second kappa shape index (κ2) is 21.7. The zero-order valence-corrected chi connectivity index (χ0v) is 35.9. The molecule has 3 saturated heterocycles. The van der Waals surface area contributed by atoms with Gasteiger partial charge in [0, 0.05) is 0 Å². The first-order valence-electron chi connectivity index (χ1n) is 22.1. The van der Waals surface area contributed by atoms with Crippen LogP contribution in [0.2, 0.25) is 0 Å². The van der Waals surface area contributed by atoms with Gasteiger partial charge in [0.15, 0.2) is 0 Å². The summed E-state index contributed by atoms with van der Waals surface area (Å²) in [6, 6.07) is 60.4. The van der Waals surface area contributed by atoms with Crippen molar-refractivity contribution in [3.63, 3.8) is 0 Å². The minimum absolute atomic E-state index is 0.0545. The molecule has 0 amide bonds. The lowest BCUT2D eigenvalue weighted by molar-refractivity contribution is -0.406. The van der Waals surface area contributed by atoms with Crippen molar-refractivity contribution < 1.29 is 47.4 Å². The van der Waals surface area contributed by atoms with Gasteiger partial charge in [-0.25, -0.2) is 0 Å². The fourth-order valence-corrected chi connectivity index (χ4v) is 8.54. The van der Waals surface area contributed by atoms with Gasteiger partial charge < -0.3 is 47.4 Å². The second-order valence-corrected chi connectivity index (χ2v) is 16.5. The third kappa shape index (κ3) is 11.0. The Labute approximate surface area is 375 Å². The molecule has 0 radical (unpaired) electrons. The highest BCUT2D eigenvalue weighted by Gasteiger charge is 2.67. The Kier molecular flexibility index (Phi) is 15.0. The molecule has 0 bridgehead atoms. The number of rotatable bonds is 20. The minimum Gasteiger partial charge on any atom is -0.374 e. The third-order valence-corrected chi connectivity index (χ3v) is 11.8. The van der Waals surface area contributed by atoms with Crippen molar-refractivity contribution >= 4 is 0 Å². The zero-order chi connectivity index (χ0) is 43.3. The molecule has 6 aromatic rings. The van der Waals surface area contributed by atoms with E-state index < -0.39 is 48.2 Å².